The molecule has 132 valence electrons. The van der Waals surface area contributed by atoms with Gasteiger partial charge in [-0.05, 0) is 32.5 Å². The molecule has 0 spiro atoms. The van der Waals surface area contributed by atoms with Crippen LogP contribution in [0.5, 0.6) is 0 Å². The molecule has 0 atom stereocenters. The molecule has 0 aliphatic rings. The van der Waals surface area contributed by atoms with Gasteiger partial charge >= 0.3 is 0 Å². The summed E-state index contributed by atoms with van der Waals surface area (Å²) >= 11 is 0. The van der Waals surface area contributed by atoms with Crippen LogP contribution in [0, 0.1) is 0 Å². The van der Waals surface area contributed by atoms with Crippen molar-refractivity contribution in [2.45, 2.75) is 46.6 Å². The van der Waals surface area contributed by atoms with Crippen LogP contribution in [0.2, 0.25) is 0 Å². The van der Waals surface area contributed by atoms with E-state index in [4.69, 9.17) is 0 Å². The van der Waals surface area contributed by atoms with Gasteiger partial charge in [0.15, 0.2) is 5.96 Å². The molecule has 1 aromatic rings. The van der Waals surface area contributed by atoms with E-state index in [9.17, 15) is 0 Å². The van der Waals surface area contributed by atoms with Crippen LogP contribution in [-0.2, 0) is 13.0 Å². The number of hydrogen-bond acceptors (Lipinski definition) is 4. The lowest BCUT2D eigenvalue weighted by Gasteiger charge is -2.18. The zero-order valence-corrected chi connectivity index (χ0v) is 15.2. The van der Waals surface area contributed by atoms with Crippen molar-refractivity contribution in [2.24, 2.45) is 4.99 Å². The molecule has 2 N–H and O–H groups in total. The van der Waals surface area contributed by atoms with Gasteiger partial charge in [0.25, 0.3) is 0 Å². The van der Waals surface area contributed by atoms with Gasteiger partial charge in [0.05, 0.1) is 0 Å². The molecule has 0 saturated carbocycles. The molecule has 0 unspecified atom stereocenters. The first-order chi connectivity index (χ1) is 11.2. The van der Waals surface area contributed by atoms with Crippen molar-refractivity contribution in [3.05, 3.63) is 12.2 Å². The summed E-state index contributed by atoms with van der Waals surface area (Å²) in [6.07, 6.45) is 5.05. The van der Waals surface area contributed by atoms with Crippen LogP contribution in [-0.4, -0.2) is 65.4 Å². The van der Waals surface area contributed by atoms with Gasteiger partial charge in [-0.3, -0.25) is 4.99 Å². The maximum Gasteiger partial charge on any atom is 0.191 e. The number of nitrogens with one attached hydrogen (secondary N) is 2. The number of aliphatic imine (C=N–C) groups is 1. The lowest BCUT2D eigenvalue weighted by Crippen LogP contribution is -2.39. The molecular formula is C16H33N7. The number of hydrogen-bond donors (Lipinski definition) is 2. The smallest absolute Gasteiger partial charge is 0.191 e. The average Bonchev–Trinajstić information content (AvgIpc) is 3.04. The molecule has 0 radical (unpaired) electrons. The molecule has 7 nitrogen and oxygen atoms in total. The van der Waals surface area contributed by atoms with E-state index in [2.05, 4.69) is 56.1 Å². The van der Waals surface area contributed by atoms with Gasteiger partial charge in [-0.2, -0.15) is 0 Å². The number of unbranched alkanes of at least 4 members (excludes halogenated alkanes) is 1. The highest BCUT2D eigenvalue weighted by Crippen LogP contribution is 1.95. The minimum atomic E-state index is 0.810. The van der Waals surface area contributed by atoms with Gasteiger partial charge in [0, 0.05) is 33.1 Å². The van der Waals surface area contributed by atoms with Gasteiger partial charge in [0.1, 0.15) is 12.2 Å². The van der Waals surface area contributed by atoms with Gasteiger partial charge in [0.2, 0.25) is 0 Å². The second-order valence-corrected chi connectivity index (χ2v) is 5.45. The number of nitrogens with zero attached hydrogens (tertiary/aromatic N) is 5. The molecule has 1 heterocycles. The highest BCUT2D eigenvalue weighted by atomic mass is 15.3. The third-order valence-corrected chi connectivity index (χ3v) is 3.97. The minimum Gasteiger partial charge on any atom is -0.356 e. The van der Waals surface area contributed by atoms with E-state index < -0.39 is 0 Å². The second kappa shape index (κ2) is 11.9. The summed E-state index contributed by atoms with van der Waals surface area (Å²) in [5, 5.41) is 14.7. The lowest BCUT2D eigenvalue weighted by molar-refractivity contribution is 0.297. The van der Waals surface area contributed by atoms with E-state index in [-0.39, 0.29) is 0 Å². The minimum absolute atomic E-state index is 0.810. The largest absolute Gasteiger partial charge is 0.356 e. The van der Waals surface area contributed by atoms with Crippen LogP contribution in [0.15, 0.2) is 11.3 Å². The Bertz CT molecular complexity index is 437. The van der Waals surface area contributed by atoms with Crippen LogP contribution in [0.1, 0.15) is 39.4 Å². The summed E-state index contributed by atoms with van der Waals surface area (Å²) in [4.78, 5) is 6.71. The lowest BCUT2D eigenvalue weighted by atomic mass is 10.3. The van der Waals surface area contributed by atoms with Crippen molar-refractivity contribution in [2.75, 3.05) is 39.8 Å². The predicted octanol–water partition coefficient (Wildman–Crippen LogP) is 1.13. The molecule has 1 rings (SSSR count). The molecule has 7 heteroatoms. The summed E-state index contributed by atoms with van der Waals surface area (Å²) in [5.74, 6) is 1.88. The Morgan fingerprint density at radius 2 is 1.91 bits per heavy atom. The maximum atomic E-state index is 4.26. The first-order valence-electron chi connectivity index (χ1n) is 8.78. The number of aryl methyl sites for hydroxylation is 1. The van der Waals surface area contributed by atoms with Crippen molar-refractivity contribution in [3.63, 3.8) is 0 Å². The summed E-state index contributed by atoms with van der Waals surface area (Å²) in [7, 11) is 1.81. The van der Waals surface area contributed by atoms with E-state index >= 15 is 0 Å². The monoisotopic (exact) mass is 323 g/mol. The van der Waals surface area contributed by atoms with Gasteiger partial charge in [-0.1, -0.05) is 20.8 Å². The molecular weight excluding hydrogens is 290 g/mol. The summed E-state index contributed by atoms with van der Waals surface area (Å²) in [5.41, 5.74) is 0. The fourth-order valence-electron chi connectivity index (χ4n) is 2.46. The first-order valence-corrected chi connectivity index (χ1v) is 8.78. The Kier molecular flexibility index (Phi) is 10.0. The molecule has 0 bridgehead atoms. The van der Waals surface area contributed by atoms with E-state index in [0.717, 1.165) is 57.3 Å². The van der Waals surface area contributed by atoms with Crippen molar-refractivity contribution >= 4 is 5.96 Å². The quantitative estimate of drug-likeness (QED) is 0.363. The fraction of sp³-hybridized carbons (Fsp3) is 0.812. The van der Waals surface area contributed by atoms with Crippen LogP contribution in [0.4, 0.5) is 0 Å². The molecule has 0 aliphatic carbocycles. The number of guanidine groups is 1. The molecule has 0 aliphatic heterocycles. The van der Waals surface area contributed by atoms with E-state index in [1.165, 1.54) is 13.0 Å². The molecule has 0 aromatic carbocycles. The zero-order chi connectivity index (χ0) is 16.9. The number of aromatic nitrogens is 3. The number of rotatable bonds is 11. The third kappa shape index (κ3) is 7.45. The van der Waals surface area contributed by atoms with Gasteiger partial charge in [-0.15, -0.1) is 10.2 Å². The molecule has 1 aromatic heterocycles. The van der Waals surface area contributed by atoms with E-state index in [1.54, 1.807) is 6.33 Å². The standard InChI is InChI=1S/C16H33N7/c1-5-15-21-20-14-23(15)13-11-19-16(17-4)18-10-8-9-12-22(6-2)7-3/h14H,5-13H2,1-4H3,(H2,17,18,19). The normalized spacial score (nSPS) is 12.0. The van der Waals surface area contributed by atoms with Crippen molar-refractivity contribution in [3.8, 4) is 0 Å². The molecule has 0 fully saturated rings. The Morgan fingerprint density at radius 1 is 1.17 bits per heavy atom. The van der Waals surface area contributed by atoms with Crippen molar-refractivity contribution in [1.29, 1.82) is 0 Å². The summed E-state index contributed by atoms with van der Waals surface area (Å²) < 4.78 is 2.07. The highest BCUT2D eigenvalue weighted by Gasteiger charge is 2.02. The fourth-order valence-corrected chi connectivity index (χ4v) is 2.46. The second-order valence-electron chi connectivity index (χ2n) is 5.45. The van der Waals surface area contributed by atoms with Crippen molar-refractivity contribution in [1.82, 2.24) is 30.3 Å². The Balaban J connectivity index is 2.15. The van der Waals surface area contributed by atoms with Crippen LogP contribution in [0.3, 0.4) is 0 Å². The topological polar surface area (TPSA) is 70.4 Å². The maximum absolute atomic E-state index is 4.26. The van der Waals surface area contributed by atoms with E-state index in [1.807, 2.05) is 7.05 Å². The molecule has 0 saturated heterocycles. The zero-order valence-electron chi connectivity index (χ0n) is 15.2. The van der Waals surface area contributed by atoms with E-state index in [0.29, 0.717) is 0 Å². The average molecular weight is 323 g/mol. The Labute approximate surface area is 140 Å². The van der Waals surface area contributed by atoms with Crippen LogP contribution < -0.4 is 10.6 Å². The van der Waals surface area contributed by atoms with Gasteiger partial charge in [-0.25, -0.2) is 0 Å². The summed E-state index contributed by atoms with van der Waals surface area (Å²) in [6.45, 7) is 12.6. The Hall–Kier alpha value is -1.63. The van der Waals surface area contributed by atoms with Crippen LogP contribution in [0.25, 0.3) is 0 Å². The Morgan fingerprint density at radius 3 is 2.57 bits per heavy atom. The van der Waals surface area contributed by atoms with Crippen molar-refractivity contribution < 1.29 is 0 Å². The highest BCUT2D eigenvalue weighted by molar-refractivity contribution is 5.79. The molecule has 0 amide bonds. The summed E-state index contributed by atoms with van der Waals surface area (Å²) in [6, 6.07) is 0. The predicted molar refractivity (Wildman–Crippen MR) is 95.8 cm³/mol. The third-order valence-electron chi connectivity index (χ3n) is 3.97. The SMILES string of the molecule is CCc1nncn1CCNC(=NC)NCCCCN(CC)CC. The first kappa shape index (κ1) is 19.4. The van der Waals surface area contributed by atoms with Gasteiger partial charge < -0.3 is 20.1 Å². The molecule has 23 heavy (non-hydrogen) atoms. The van der Waals surface area contributed by atoms with Crippen LogP contribution >= 0.6 is 0 Å².